The molecule has 5 nitrogen and oxygen atoms in total. The summed E-state index contributed by atoms with van der Waals surface area (Å²) in [6, 6.07) is 19.6. The van der Waals surface area contributed by atoms with Gasteiger partial charge >= 0.3 is 5.97 Å². The first-order valence-corrected chi connectivity index (χ1v) is 11.9. The van der Waals surface area contributed by atoms with Gasteiger partial charge < -0.3 is 15.3 Å². The van der Waals surface area contributed by atoms with Crippen molar-refractivity contribution in [1.82, 2.24) is 10.2 Å². The molecule has 0 spiro atoms. The molecule has 2 aliphatic rings. The van der Waals surface area contributed by atoms with E-state index in [2.05, 4.69) is 90.9 Å². The maximum atomic E-state index is 11.3. The summed E-state index contributed by atoms with van der Waals surface area (Å²) >= 11 is 0. The monoisotopic (exact) mass is 435 g/mol. The molecule has 172 valence electrons. The summed E-state index contributed by atoms with van der Waals surface area (Å²) in [5, 5.41) is 12.4. The topological polar surface area (TPSA) is 55.8 Å². The normalized spacial score (nSPS) is 28.1. The summed E-state index contributed by atoms with van der Waals surface area (Å²) in [6.45, 7) is 0.715. The van der Waals surface area contributed by atoms with E-state index in [1.54, 1.807) is 0 Å². The highest BCUT2D eigenvalue weighted by Crippen LogP contribution is 2.43. The summed E-state index contributed by atoms with van der Waals surface area (Å²) in [7, 11) is 6.53. The van der Waals surface area contributed by atoms with E-state index in [4.69, 9.17) is 0 Å². The third kappa shape index (κ3) is 4.69. The quantitative estimate of drug-likeness (QED) is 0.685. The number of carboxylic acids is 1. The van der Waals surface area contributed by atoms with Gasteiger partial charge in [-0.2, -0.15) is 0 Å². The molecular weight excluding hydrogens is 398 g/mol. The Morgan fingerprint density at radius 3 is 2.41 bits per heavy atom. The molecule has 1 saturated heterocycles. The number of carbonyl (C=O) groups is 1. The standard InChI is InChI=1S/C27H37N3O2/c1-29(2)27(22-9-5-4-6-10-22)14-12-20(13-15-27)16-21-8-7-11-23(17-21)30(3)24-18-25(26(31)32)28-19-24/h4-11,17,20,24-25,28H,12-16,18-19H2,1-3H3,(H,31,32)/t20?,24?,25-,27?/m0/s1. The van der Waals surface area contributed by atoms with Gasteiger partial charge in [0.1, 0.15) is 6.04 Å². The molecule has 0 amide bonds. The predicted octanol–water partition coefficient (Wildman–Crippen LogP) is 4.13. The number of hydrogen-bond donors (Lipinski definition) is 2. The minimum absolute atomic E-state index is 0.149. The number of hydrogen-bond acceptors (Lipinski definition) is 4. The summed E-state index contributed by atoms with van der Waals surface area (Å²) in [5.74, 6) is -0.0480. The van der Waals surface area contributed by atoms with E-state index < -0.39 is 12.0 Å². The zero-order chi connectivity index (χ0) is 22.7. The highest BCUT2D eigenvalue weighted by Gasteiger charge is 2.38. The molecule has 1 aliphatic carbocycles. The zero-order valence-electron chi connectivity index (χ0n) is 19.6. The van der Waals surface area contributed by atoms with Crippen molar-refractivity contribution in [1.29, 1.82) is 0 Å². The molecule has 0 bridgehead atoms. The van der Waals surface area contributed by atoms with Crippen LogP contribution in [0.5, 0.6) is 0 Å². The minimum Gasteiger partial charge on any atom is -0.480 e. The molecule has 2 N–H and O–H groups in total. The van der Waals surface area contributed by atoms with Crippen molar-refractivity contribution in [2.24, 2.45) is 5.92 Å². The van der Waals surface area contributed by atoms with Gasteiger partial charge in [-0.15, -0.1) is 0 Å². The Morgan fingerprint density at radius 1 is 1.06 bits per heavy atom. The first-order valence-electron chi connectivity index (χ1n) is 11.9. The summed E-state index contributed by atoms with van der Waals surface area (Å²) < 4.78 is 0. The molecule has 2 fully saturated rings. The highest BCUT2D eigenvalue weighted by atomic mass is 16.4. The van der Waals surface area contributed by atoms with E-state index in [1.165, 1.54) is 42.5 Å². The third-order valence-corrected chi connectivity index (χ3v) is 7.90. The van der Waals surface area contributed by atoms with Gasteiger partial charge in [0.05, 0.1) is 0 Å². The lowest BCUT2D eigenvalue weighted by atomic mass is 9.70. The molecule has 1 heterocycles. The maximum Gasteiger partial charge on any atom is 0.320 e. The molecule has 0 radical (unpaired) electrons. The Balaban J connectivity index is 1.39. The van der Waals surface area contributed by atoms with Gasteiger partial charge in [0.25, 0.3) is 0 Å². The Bertz CT molecular complexity index is 906. The van der Waals surface area contributed by atoms with Gasteiger partial charge in [0.2, 0.25) is 0 Å². The fourth-order valence-electron chi connectivity index (χ4n) is 5.75. The molecule has 32 heavy (non-hydrogen) atoms. The second-order valence-electron chi connectivity index (χ2n) is 9.91. The van der Waals surface area contributed by atoms with Crippen LogP contribution in [0.3, 0.4) is 0 Å². The molecule has 1 saturated carbocycles. The Hall–Kier alpha value is -2.37. The SMILES string of the molecule is CN(c1cccc(CC2CCC(c3ccccc3)(N(C)C)CC2)c1)C1CN[C@H](C(=O)O)C1. The van der Waals surface area contributed by atoms with Gasteiger partial charge in [0, 0.05) is 30.9 Å². The van der Waals surface area contributed by atoms with Crippen LogP contribution in [-0.2, 0) is 16.8 Å². The first-order chi connectivity index (χ1) is 15.4. The van der Waals surface area contributed by atoms with Gasteiger partial charge in [-0.25, -0.2) is 0 Å². The van der Waals surface area contributed by atoms with Crippen LogP contribution >= 0.6 is 0 Å². The van der Waals surface area contributed by atoms with Crippen LogP contribution in [-0.4, -0.2) is 55.7 Å². The van der Waals surface area contributed by atoms with Crippen LogP contribution < -0.4 is 10.2 Å². The van der Waals surface area contributed by atoms with Crippen LogP contribution in [0.15, 0.2) is 54.6 Å². The lowest BCUT2D eigenvalue weighted by Gasteiger charge is -2.45. The lowest BCUT2D eigenvalue weighted by Crippen LogP contribution is -2.44. The van der Waals surface area contributed by atoms with Crippen molar-refractivity contribution in [3.05, 3.63) is 65.7 Å². The maximum absolute atomic E-state index is 11.3. The van der Waals surface area contributed by atoms with E-state index in [-0.39, 0.29) is 11.6 Å². The van der Waals surface area contributed by atoms with Crippen LogP contribution in [0, 0.1) is 5.92 Å². The molecule has 1 aliphatic heterocycles. The van der Waals surface area contributed by atoms with Crippen LogP contribution in [0.4, 0.5) is 5.69 Å². The lowest BCUT2D eigenvalue weighted by molar-refractivity contribution is -0.139. The van der Waals surface area contributed by atoms with E-state index in [0.29, 0.717) is 18.9 Å². The van der Waals surface area contributed by atoms with Crippen molar-refractivity contribution in [2.45, 2.75) is 56.1 Å². The second-order valence-corrected chi connectivity index (χ2v) is 9.91. The molecule has 4 rings (SSSR count). The van der Waals surface area contributed by atoms with Crippen molar-refractivity contribution in [3.63, 3.8) is 0 Å². The van der Waals surface area contributed by atoms with Crippen molar-refractivity contribution in [2.75, 3.05) is 32.6 Å². The summed E-state index contributed by atoms with van der Waals surface area (Å²) in [4.78, 5) is 15.9. The molecule has 0 aromatic heterocycles. The third-order valence-electron chi connectivity index (χ3n) is 7.90. The predicted molar refractivity (Wildman–Crippen MR) is 130 cm³/mol. The van der Waals surface area contributed by atoms with Crippen molar-refractivity contribution in [3.8, 4) is 0 Å². The van der Waals surface area contributed by atoms with Crippen molar-refractivity contribution < 1.29 is 9.90 Å². The summed E-state index contributed by atoms with van der Waals surface area (Å²) in [5.41, 5.74) is 4.16. The minimum atomic E-state index is -0.753. The summed E-state index contributed by atoms with van der Waals surface area (Å²) in [6.07, 6.45) is 6.61. The molecule has 2 atom stereocenters. The number of nitrogens with one attached hydrogen (secondary N) is 1. The van der Waals surface area contributed by atoms with Crippen molar-refractivity contribution >= 4 is 11.7 Å². The largest absolute Gasteiger partial charge is 0.480 e. The van der Waals surface area contributed by atoms with E-state index in [9.17, 15) is 9.90 Å². The van der Waals surface area contributed by atoms with Crippen LogP contribution in [0.1, 0.15) is 43.2 Å². The number of benzene rings is 2. The number of aliphatic carboxylic acids is 1. The smallest absolute Gasteiger partial charge is 0.320 e. The number of rotatable bonds is 7. The van der Waals surface area contributed by atoms with Crippen LogP contribution in [0.25, 0.3) is 0 Å². The second kappa shape index (κ2) is 9.63. The average Bonchev–Trinajstić information content (AvgIpc) is 3.31. The highest BCUT2D eigenvalue weighted by molar-refractivity contribution is 5.74. The molecule has 5 heteroatoms. The number of nitrogens with zero attached hydrogens (tertiary/aromatic N) is 2. The molecular formula is C27H37N3O2. The average molecular weight is 436 g/mol. The Kier molecular flexibility index (Phi) is 6.87. The molecule has 2 aromatic carbocycles. The van der Waals surface area contributed by atoms with E-state index >= 15 is 0 Å². The van der Waals surface area contributed by atoms with Crippen LogP contribution in [0.2, 0.25) is 0 Å². The van der Waals surface area contributed by atoms with E-state index in [0.717, 1.165) is 6.42 Å². The number of likely N-dealkylation sites (N-methyl/N-ethyl adjacent to an activating group) is 1. The number of anilines is 1. The zero-order valence-corrected chi connectivity index (χ0v) is 19.6. The van der Waals surface area contributed by atoms with Gasteiger partial charge in [0.15, 0.2) is 0 Å². The molecule has 1 unspecified atom stereocenters. The number of carboxylic acid groups (broad SMARTS) is 1. The van der Waals surface area contributed by atoms with Gasteiger partial charge in [-0.3, -0.25) is 9.69 Å². The Labute approximate surface area is 192 Å². The molecule has 2 aromatic rings. The fourth-order valence-corrected chi connectivity index (χ4v) is 5.75. The fraction of sp³-hybridized carbons (Fsp3) is 0.519. The Morgan fingerprint density at radius 2 is 1.78 bits per heavy atom. The van der Waals surface area contributed by atoms with Gasteiger partial charge in [-0.05, 0) is 81.8 Å². The first kappa shape index (κ1) is 22.8. The van der Waals surface area contributed by atoms with E-state index in [1.807, 2.05) is 0 Å². The van der Waals surface area contributed by atoms with Gasteiger partial charge in [-0.1, -0.05) is 42.5 Å².